The first-order valence-electron chi connectivity index (χ1n) is 6.80. The molecule has 0 aromatic heterocycles. The van der Waals surface area contributed by atoms with Crippen LogP contribution in [0.2, 0.25) is 0 Å². The predicted octanol–water partition coefficient (Wildman–Crippen LogP) is 1.74. The van der Waals surface area contributed by atoms with Crippen molar-refractivity contribution in [2.24, 2.45) is 5.92 Å². The van der Waals surface area contributed by atoms with Gasteiger partial charge in [-0.15, -0.1) is 0 Å². The van der Waals surface area contributed by atoms with Crippen molar-refractivity contribution in [1.82, 2.24) is 4.90 Å². The average Bonchev–Trinajstić information content (AvgIpc) is 3.11. The first-order chi connectivity index (χ1) is 8.24. The van der Waals surface area contributed by atoms with Gasteiger partial charge in [-0.1, -0.05) is 12.8 Å². The molecule has 0 radical (unpaired) electrons. The summed E-state index contributed by atoms with van der Waals surface area (Å²) in [6, 6.07) is 0. The Kier molecular flexibility index (Phi) is 4.80. The van der Waals surface area contributed by atoms with E-state index in [-0.39, 0.29) is 12.5 Å². The van der Waals surface area contributed by atoms with Crippen molar-refractivity contribution in [2.45, 2.75) is 44.6 Å². The zero-order chi connectivity index (χ0) is 12.1. The molecule has 1 saturated heterocycles. The third-order valence-electron chi connectivity index (χ3n) is 3.75. The zero-order valence-corrected chi connectivity index (χ0v) is 10.4. The minimum absolute atomic E-state index is 0.127. The van der Waals surface area contributed by atoms with Gasteiger partial charge >= 0.3 is 5.97 Å². The van der Waals surface area contributed by atoms with Gasteiger partial charge in [0.05, 0.1) is 19.1 Å². The number of ether oxygens (including phenoxy) is 1. The van der Waals surface area contributed by atoms with Crippen LogP contribution in [0.3, 0.4) is 0 Å². The molecule has 2 fully saturated rings. The zero-order valence-electron chi connectivity index (χ0n) is 10.4. The Bertz CT molecular complexity index is 245. The minimum atomic E-state index is -0.771. The van der Waals surface area contributed by atoms with Crippen molar-refractivity contribution < 1.29 is 14.6 Å². The number of carboxylic acids is 1. The largest absolute Gasteiger partial charge is 0.481 e. The van der Waals surface area contributed by atoms with Crippen molar-refractivity contribution >= 4 is 5.97 Å². The Morgan fingerprint density at radius 1 is 1.24 bits per heavy atom. The van der Waals surface area contributed by atoms with E-state index in [2.05, 4.69) is 4.90 Å². The first-order valence-corrected chi connectivity index (χ1v) is 6.80. The Labute approximate surface area is 103 Å². The van der Waals surface area contributed by atoms with Crippen LogP contribution in [0.25, 0.3) is 0 Å². The standard InChI is InChI=1S/C13H23NO3/c15-13(16)6-10-17-12-4-8-14(9-5-12)7-3-11-1-2-11/h11-12H,1-10H2,(H,15,16). The summed E-state index contributed by atoms with van der Waals surface area (Å²) in [5.41, 5.74) is 0. The van der Waals surface area contributed by atoms with Crippen molar-refractivity contribution in [2.75, 3.05) is 26.2 Å². The van der Waals surface area contributed by atoms with Gasteiger partial charge in [-0.3, -0.25) is 4.79 Å². The van der Waals surface area contributed by atoms with Crippen molar-refractivity contribution in [1.29, 1.82) is 0 Å². The van der Waals surface area contributed by atoms with E-state index in [1.54, 1.807) is 0 Å². The molecule has 2 rings (SSSR count). The molecule has 98 valence electrons. The number of aliphatic carboxylic acids is 1. The molecule has 0 amide bonds. The van der Waals surface area contributed by atoms with Crippen molar-refractivity contribution in [3.8, 4) is 0 Å². The van der Waals surface area contributed by atoms with Gasteiger partial charge in [0.15, 0.2) is 0 Å². The second kappa shape index (κ2) is 6.36. The fourth-order valence-corrected chi connectivity index (χ4v) is 2.38. The van der Waals surface area contributed by atoms with Crippen LogP contribution < -0.4 is 0 Å². The van der Waals surface area contributed by atoms with Crippen LogP contribution in [0.1, 0.15) is 38.5 Å². The van der Waals surface area contributed by atoms with Gasteiger partial charge in [-0.2, -0.15) is 0 Å². The van der Waals surface area contributed by atoms with Gasteiger partial charge in [-0.05, 0) is 31.7 Å². The molecule has 1 aliphatic heterocycles. The molecule has 1 saturated carbocycles. The molecule has 0 aromatic rings. The molecule has 0 unspecified atom stereocenters. The Morgan fingerprint density at radius 3 is 2.53 bits per heavy atom. The maximum absolute atomic E-state index is 10.4. The van der Waals surface area contributed by atoms with Gasteiger partial charge in [0.25, 0.3) is 0 Å². The quantitative estimate of drug-likeness (QED) is 0.737. The SMILES string of the molecule is O=C(O)CCOC1CCN(CCC2CC2)CC1. The van der Waals surface area contributed by atoms with E-state index in [1.165, 1.54) is 25.8 Å². The molecule has 17 heavy (non-hydrogen) atoms. The molecule has 0 bridgehead atoms. The maximum Gasteiger partial charge on any atom is 0.305 e. The highest BCUT2D eigenvalue weighted by molar-refractivity contribution is 5.66. The summed E-state index contributed by atoms with van der Waals surface area (Å²) in [5.74, 6) is 0.242. The van der Waals surface area contributed by atoms with Crippen LogP contribution >= 0.6 is 0 Å². The highest BCUT2D eigenvalue weighted by Gasteiger charge is 2.24. The number of hydrogen-bond acceptors (Lipinski definition) is 3. The molecule has 4 heteroatoms. The summed E-state index contributed by atoms with van der Waals surface area (Å²) in [5, 5.41) is 8.52. The fourth-order valence-electron chi connectivity index (χ4n) is 2.38. The van der Waals surface area contributed by atoms with Crippen LogP contribution in [0.15, 0.2) is 0 Å². The molecule has 1 heterocycles. The molecule has 2 aliphatic rings. The van der Waals surface area contributed by atoms with Gasteiger partial charge < -0.3 is 14.7 Å². The second-order valence-electron chi connectivity index (χ2n) is 5.29. The summed E-state index contributed by atoms with van der Waals surface area (Å²) in [4.78, 5) is 12.9. The second-order valence-corrected chi connectivity index (χ2v) is 5.29. The van der Waals surface area contributed by atoms with Crippen LogP contribution in [-0.2, 0) is 9.53 Å². The van der Waals surface area contributed by atoms with E-state index in [0.29, 0.717) is 6.61 Å². The third-order valence-corrected chi connectivity index (χ3v) is 3.75. The predicted molar refractivity (Wildman–Crippen MR) is 65.0 cm³/mol. The number of hydrogen-bond donors (Lipinski definition) is 1. The summed E-state index contributed by atoms with van der Waals surface area (Å²) < 4.78 is 5.57. The van der Waals surface area contributed by atoms with Crippen molar-refractivity contribution in [3.05, 3.63) is 0 Å². The summed E-state index contributed by atoms with van der Waals surface area (Å²) >= 11 is 0. The number of likely N-dealkylation sites (tertiary alicyclic amines) is 1. The number of nitrogens with zero attached hydrogens (tertiary/aromatic N) is 1. The Balaban J connectivity index is 1.52. The van der Waals surface area contributed by atoms with E-state index >= 15 is 0 Å². The first kappa shape index (κ1) is 12.8. The molecular formula is C13H23NO3. The summed E-state index contributed by atoms with van der Waals surface area (Å²) in [6.45, 7) is 3.84. The van der Waals surface area contributed by atoms with Gasteiger partial charge in [0.2, 0.25) is 0 Å². The van der Waals surface area contributed by atoms with Gasteiger partial charge in [0.1, 0.15) is 0 Å². The molecule has 0 aromatic carbocycles. The van der Waals surface area contributed by atoms with E-state index in [0.717, 1.165) is 31.8 Å². The lowest BCUT2D eigenvalue weighted by Crippen LogP contribution is -2.37. The maximum atomic E-state index is 10.4. The van der Waals surface area contributed by atoms with Crippen LogP contribution in [-0.4, -0.2) is 48.3 Å². The number of rotatable bonds is 7. The molecular weight excluding hydrogens is 218 g/mol. The van der Waals surface area contributed by atoms with E-state index in [4.69, 9.17) is 9.84 Å². The van der Waals surface area contributed by atoms with Crippen LogP contribution in [0.5, 0.6) is 0 Å². The minimum Gasteiger partial charge on any atom is -0.481 e. The lowest BCUT2D eigenvalue weighted by molar-refractivity contribution is -0.138. The fraction of sp³-hybridized carbons (Fsp3) is 0.923. The number of carboxylic acid groups (broad SMARTS) is 1. The molecule has 4 nitrogen and oxygen atoms in total. The molecule has 1 aliphatic carbocycles. The monoisotopic (exact) mass is 241 g/mol. The molecule has 0 atom stereocenters. The summed E-state index contributed by atoms with van der Waals surface area (Å²) in [7, 11) is 0. The molecule has 0 spiro atoms. The lowest BCUT2D eigenvalue weighted by Gasteiger charge is -2.31. The van der Waals surface area contributed by atoms with Gasteiger partial charge in [0, 0.05) is 13.1 Å². The molecule has 1 N–H and O–H groups in total. The van der Waals surface area contributed by atoms with E-state index < -0.39 is 5.97 Å². The summed E-state index contributed by atoms with van der Waals surface area (Å²) in [6.07, 6.45) is 6.77. The number of carbonyl (C=O) groups is 1. The normalized spacial score (nSPS) is 22.8. The Morgan fingerprint density at radius 2 is 1.94 bits per heavy atom. The van der Waals surface area contributed by atoms with Crippen molar-refractivity contribution in [3.63, 3.8) is 0 Å². The highest BCUT2D eigenvalue weighted by Crippen LogP contribution is 2.32. The lowest BCUT2D eigenvalue weighted by atomic mass is 10.1. The van der Waals surface area contributed by atoms with E-state index in [1.807, 2.05) is 0 Å². The van der Waals surface area contributed by atoms with Crippen LogP contribution in [0, 0.1) is 5.92 Å². The van der Waals surface area contributed by atoms with E-state index in [9.17, 15) is 4.79 Å². The Hall–Kier alpha value is -0.610. The third kappa shape index (κ3) is 5.04. The number of piperidine rings is 1. The van der Waals surface area contributed by atoms with Gasteiger partial charge in [-0.25, -0.2) is 0 Å². The topological polar surface area (TPSA) is 49.8 Å². The van der Waals surface area contributed by atoms with Crippen LogP contribution in [0.4, 0.5) is 0 Å². The highest BCUT2D eigenvalue weighted by atomic mass is 16.5. The average molecular weight is 241 g/mol. The smallest absolute Gasteiger partial charge is 0.305 e.